The average Bonchev–Trinajstić information content (AvgIpc) is 3.02. The first-order valence-electron chi connectivity index (χ1n) is 6.99. The van der Waals surface area contributed by atoms with Gasteiger partial charge in [0.05, 0.1) is 5.69 Å². The number of aryl methyl sites for hydroxylation is 1. The van der Waals surface area contributed by atoms with Gasteiger partial charge < -0.3 is 5.32 Å². The van der Waals surface area contributed by atoms with Gasteiger partial charge in [-0.1, -0.05) is 26.8 Å². The fourth-order valence-electron chi connectivity index (χ4n) is 2.27. The third kappa shape index (κ3) is 3.67. The molecule has 0 aromatic carbocycles. The van der Waals surface area contributed by atoms with Crippen LogP contribution in [0.2, 0.25) is 0 Å². The Morgan fingerprint density at radius 2 is 2.21 bits per heavy atom. The van der Waals surface area contributed by atoms with E-state index in [1.807, 2.05) is 17.5 Å². The van der Waals surface area contributed by atoms with Crippen molar-refractivity contribution in [2.45, 2.75) is 46.3 Å². The Kier molecular flexibility index (Phi) is 5.16. The Morgan fingerprint density at radius 1 is 1.37 bits per heavy atom. The molecular formula is C15H23N3S. The zero-order chi connectivity index (χ0) is 13.7. The fraction of sp³-hybridized carbons (Fsp3) is 0.533. The first-order chi connectivity index (χ1) is 9.22. The smallest absolute Gasteiger partial charge is 0.0522 e. The third-order valence-corrected chi connectivity index (χ3v) is 4.21. The molecule has 2 heterocycles. The highest BCUT2D eigenvalue weighted by molar-refractivity contribution is 7.10. The molecule has 0 fully saturated rings. The van der Waals surface area contributed by atoms with Crippen molar-refractivity contribution >= 4 is 11.3 Å². The van der Waals surface area contributed by atoms with Gasteiger partial charge in [-0.25, -0.2) is 0 Å². The predicted molar refractivity (Wildman–Crippen MR) is 81.3 cm³/mol. The van der Waals surface area contributed by atoms with E-state index in [0.29, 0.717) is 12.0 Å². The molecule has 104 valence electrons. The van der Waals surface area contributed by atoms with Crippen molar-refractivity contribution in [3.8, 4) is 0 Å². The Balaban J connectivity index is 2.01. The topological polar surface area (TPSA) is 29.9 Å². The van der Waals surface area contributed by atoms with E-state index < -0.39 is 0 Å². The van der Waals surface area contributed by atoms with Crippen LogP contribution in [-0.4, -0.2) is 9.78 Å². The minimum absolute atomic E-state index is 0.421. The van der Waals surface area contributed by atoms with Crippen LogP contribution in [0.1, 0.15) is 43.8 Å². The summed E-state index contributed by atoms with van der Waals surface area (Å²) in [7, 11) is 0. The van der Waals surface area contributed by atoms with Crippen LogP contribution in [0.15, 0.2) is 29.8 Å². The summed E-state index contributed by atoms with van der Waals surface area (Å²) in [6, 6.07) is 6.86. The van der Waals surface area contributed by atoms with Crippen molar-refractivity contribution in [2.75, 3.05) is 0 Å². The molecule has 2 aromatic heterocycles. The standard InChI is InChI=1S/C15H23N3S/c1-4-9-18-13(7-8-17-18)11-16-15(12(2)3)14-6-5-10-19-14/h5-8,10,12,15-16H,4,9,11H2,1-3H3. The van der Waals surface area contributed by atoms with E-state index >= 15 is 0 Å². The molecule has 0 aliphatic carbocycles. The lowest BCUT2D eigenvalue weighted by molar-refractivity contribution is 0.406. The van der Waals surface area contributed by atoms with Crippen LogP contribution >= 0.6 is 11.3 Å². The van der Waals surface area contributed by atoms with E-state index in [0.717, 1.165) is 19.5 Å². The molecule has 0 amide bonds. The highest BCUT2D eigenvalue weighted by atomic mass is 32.1. The number of nitrogens with zero attached hydrogens (tertiary/aromatic N) is 2. The van der Waals surface area contributed by atoms with Gasteiger partial charge in [0.1, 0.15) is 0 Å². The van der Waals surface area contributed by atoms with Crippen molar-refractivity contribution in [2.24, 2.45) is 5.92 Å². The quantitative estimate of drug-likeness (QED) is 0.833. The minimum Gasteiger partial charge on any atom is -0.303 e. The number of rotatable bonds is 7. The minimum atomic E-state index is 0.421. The normalized spacial score (nSPS) is 13.1. The highest BCUT2D eigenvalue weighted by Gasteiger charge is 2.16. The second-order valence-corrected chi connectivity index (χ2v) is 6.14. The van der Waals surface area contributed by atoms with Gasteiger partial charge >= 0.3 is 0 Å². The summed E-state index contributed by atoms with van der Waals surface area (Å²) in [5.74, 6) is 0.584. The van der Waals surface area contributed by atoms with Gasteiger partial charge in [-0.2, -0.15) is 5.10 Å². The van der Waals surface area contributed by atoms with Gasteiger partial charge in [0.2, 0.25) is 0 Å². The van der Waals surface area contributed by atoms with Crippen LogP contribution in [0.25, 0.3) is 0 Å². The van der Waals surface area contributed by atoms with Crippen LogP contribution < -0.4 is 5.32 Å². The van der Waals surface area contributed by atoms with Crippen molar-refractivity contribution in [3.05, 3.63) is 40.3 Å². The zero-order valence-electron chi connectivity index (χ0n) is 12.0. The Morgan fingerprint density at radius 3 is 2.84 bits per heavy atom. The van der Waals surface area contributed by atoms with Gasteiger partial charge in [-0.05, 0) is 29.9 Å². The molecule has 2 rings (SSSR count). The number of thiophene rings is 1. The molecule has 0 aliphatic heterocycles. The summed E-state index contributed by atoms with van der Waals surface area (Å²) in [5, 5.41) is 10.2. The zero-order valence-corrected chi connectivity index (χ0v) is 12.8. The summed E-state index contributed by atoms with van der Waals surface area (Å²) >= 11 is 1.83. The maximum atomic E-state index is 4.37. The molecule has 0 saturated carbocycles. The SMILES string of the molecule is CCCn1nccc1CNC(c1cccs1)C(C)C. The third-order valence-electron chi connectivity index (χ3n) is 3.26. The maximum absolute atomic E-state index is 4.37. The largest absolute Gasteiger partial charge is 0.303 e. The fourth-order valence-corrected chi connectivity index (χ4v) is 3.24. The van der Waals surface area contributed by atoms with Crippen molar-refractivity contribution < 1.29 is 0 Å². The predicted octanol–water partition coefficient (Wildman–Crippen LogP) is 3.84. The molecule has 0 spiro atoms. The van der Waals surface area contributed by atoms with Crippen LogP contribution in [-0.2, 0) is 13.1 Å². The Bertz CT molecular complexity index is 473. The summed E-state index contributed by atoms with van der Waals surface area (Å²) in [5.41, 5.74) is 1.27. The molecule has 3 nitrogen and oxygen atoms in total. The molecule has 1 atom stereocenters. The van der Waals surface area contributed by atoms with Gasteiger partial charge in [-0.3, -0.25) is 4.68 Å². The Hall–Kier alpha value is -1.13. The number of hydrogen-bond acceptors (Lipinski definition) is 3. The molecule has 19 heavy (non-hydrogen) atoms. The second kappa shape index (κ2) is 6.87. The van der Waals surface area contributed by atoms with E-state index in [1.54, 1.807) is 0 Å². The van der Waals surface area contributed by atoms with Gasteiger partial charge in [0.25, 0.3) is 0 Å². The molecule has 0 aliphatic rings. The molecule has 1 N–H and O–H groups in total. The molecular weight excluding hydrogens is 254 g/mol. The summed E-state index contributed by atoms with van der Waals surface area (Å²) < 4.78 is 2.10. The first kappa shape index (κ1) is 14.3. The molecule has 0 saturated heterocycles. The van der Waals surface area contributed by atoms with Gasteiger partial charge in [-0.15, -0.1) is 11.3 Å². The van der Waals surface area contributed by atoms with Gasteiger partial charge in [0.15, 0.2) is 0 Å². The van der Waals surface area contributed by atoms with E-state index in [2.05, 4.69) is 59.4 Å². The number of aromatic nitrogens is 2. The lowest BCUT2D eigenvalue weighted by atomic mass is 10.0. The Labute approximate surface area is 119 Å². The first-order valence-corrected chi connectivity index (χ1v) is 7.87. The van der Waals surface area contributed by atoms with Crippen LogP contribution in [0, 0.1) is 5.92 Å². The monoisotopic (exact) mass is 277 g/mol. The second-order valence-electron chi connectivity index (χ2n) is 5.16. The lowest BCUT2D eigenvalue weighted by Crippen LogP contribution is -2.25. The van der Waals surface area contributed by atoms with Crippen molar-refractivity contribution in [1.82, 2.24) is 15.1 Å². The van der Waals surface area contributed by atoms with E-state index in [4.69, 9.17) is 0 Å². The summed E-state index contributed by atoms with van der Waals surface area (Å²) in [6.45, 7) is 8.58. The van der Waals surface area contributed by atoms with Crippen LogP contribution in [0.4, 0.5) is 0 Å². The molecule has 2 aromatic rings. The molecule has 0 bridgehead atoms. The summed E-state index contributed by atoms with van der Waals surface area (Å²) in [6.07, 6.45) is 3.01. The van der Waals surface area contributed by atoms with E-state index in [9.17, 15) is 0 Å². The van der Waals surface area contributed by atoms with E-state index in [1.165, 1.54) is 10.6 Å². The highest BCUT2D eigenvalue weighted by Crippen LogP contribution is 2.26. The molecule has 4 heteroatoms. The van der Waals surface area contributed by atoms with Gasteiger partial charge in [0, 0.05) is 30.2 Å². The maximum Gasteiger partial charge on any atom is 0.0522 e. The van der Waals surface area contributed by atoms with Crippen molar-refractivity contribution in [3.63, 3.8) is 0 Å². The lowest BCUT2D eigenvalue weighted by Gasteiger charge is -2.21. The molecule has 0 radical (unpaired) electrons. The van der Waals surface area contributed by atoms with Crippen LogP contribution in [0.5, 0.6) is 0 Å². The molecule has 1 unspecified atom stereocenters. The average molecular weight is 277 g/mol. The van der Waals surface area contributed by atoms with Crippen molar-refractivity contribution in [1.29, 1.82) is 0 Å². The summed E-state index contributed by atoms with van der Waals surface area (Å²) in [4.78, 5) is 1.41. The number of hydrogen-bond donors (Lipinski definition) is 1. The van der Waals surface area contributed by atoms with E-state index in [-0.39, 0.29) is 0 Å². The van der Waals surface area contributed by atoms with Crippen LogP contribution in [0.3, 0.4) is 0 Å². The number of nitrogens with one attached hydrogen (secondary N) is 1.